The highest BCUT2D eigenvalue weighted by atomic mass is 32.2. The molecule has 0 aromatic heterocycles. The van der Waals surface area contributed by atoms with Crippen LogP contribution in [0.1, 0.15) is 33.1 Å². The summed E-state index contributed by atoms with van der Waals surface area (Å²) in [6, 6.07) is -0.140. The third kappa shape index (κ3) is 7.21. The summed E-state index contributed by atoms with van der Waals surface area (Å²) in [6.07, 6.45) is 3.07. The number of carbonyl (C=O) groups is 1. The number of hydrogen-bond donors (Lipinski definition) is 2. The molecule has 0 radical (unpaired) electrons. The minimum absolute atomic E-state index is 0.140. The molecule has 84 valence electrons. The van der Waals surface area contributed by atoms with Crippen molar-refractivity contribution in [3.05, 3.63) is 0 Å². The Balaban J connectivity index is 3.57. The van der Waals surface area contributed by atoms with Crippen LogP contribution in [0.3, 0.4) is 0 Å². The second-order valence-corrected chi connectivity index (χ2v) is 4.53. The molecular formula is C10H22N2OS. The van der Waals surface area contributed by atoms with Crippen molar-refractivity contribution in [2.75, 3.05) is 18.1 Å². The zero-order valence-electron chi connectivity index (χ0n) is 9.21. The van der Waals surface area contributed by atoms with Crippen molar-refractivity contribution in [2.45, 2.75) is 39.2 Å². The van der Waals surface area contributed by atoms with Gasteiger partial charge in [0.1, 0.15) is 0 Å². The molecule has 0 saturated heterocycles. The van der Waals surface area contributed by atoms with Crippen molar-refractivity contribution in [2.24, 2.45) is 5.73 Å². The maximum Gasteiger partial charge on any atom is 0.234 e. The molecule has 3 N–H and O–H groups in total. The number of thioether (sulfide) groups is 1. The van der Waals surface area contributed by atoms with E-state index in [4.69, 9.17) is 5.73 Å². The number of nitrogens with two attached hydrogens (primary N) is 1. The van der Waals surface area contributed by atoms with Crippen LogP contribution in [0.15, 0.2) is 0 Å². The second kappa shape index (κ2) is 9.34. The van der Waals surface area contributed by atoms with Crippen LogP contribution in [0.2, 0.25) is 0 Å². The fraction of sp³-hybridized carbons (Fsp3) is 0.900. The predicted octanol–water partition coefficient (Wildman–Crippen LogP) is 1.37. The van der Waals surface area contributed by atoms with Crippen LogP contribution in [0, 0.1) is 0 Å². The lowest BCUT2D eigenvalue weighted by Gasteiger charge is -2.14. The van der Waals surface area contributed by atoms with Crippen molar-refractivity contribution >= 4 is 17.7 Å². The van der Waals surface area contributed by atoms with Gasteiger partial charge in [-0.25, -0.2) is 0 Å². The van der Waals surface area contributed by atoms with E-state index in [1.54, 1.807) is 0 Å². The molecule has 0 fully saturated rings. The second-order valence-electron chi connectivity index (χ2n) is 3.31. The van der Waals surface area contributed by atoms with E-state index < -0.39 is 0 Å². The van der Waals surface area contributed by atoms with Gasteiger partial charge in [0.15, 0.2) is 0 Å². The van der Waals surface area contributed by atoms with Crippen molar-refractivity contribution in [3.63, 3.8) is 0 Å². The molecule has 14 heavy (non-hydrogen) atoms. The topological polar surface area (TPSA) is 55.1 Å². The van der Waals surface area contributed by atoms with Crippen LogP contribution >= 0.6 is 11.8 Å². The van der Waals surface area contributed by atoms with Gasteiger partial charge in [-0.05, 0) is 37.3 Å². The lowest BCUT2D eigenvalue weighted by atomic mass is 10.2. The minimum Gasteiger partial charge on any atom is -0.368 e. The highest BCUT2D eigenvalue weighted by Crippen LogP contribution is 2.06. The summed E-state index contributed by atoms with van der Waals surface area (Å²) in [4.78, 5) is 11.0. The monoisotopic (exact) mass is 218 g/mol. The third-order valence-electron chi connectivity index (χ3n) is 1.88. The van der Waals surface area contributed by atoms with Gasteiger partial charge in [-0.1, -0.05) is 13.8 Å². The Morgan fingerprint density at radius 3 is 2.57 bits per heavy atom. The first kappa shape index (κ1) is 13.8. The SMILES string of the molecule is CCCNC(CCSCCC)C(N)=O. The molecule has 0 aliphatic carbocycles. The number of carbonyl (C=O) groups excluding carboxylic acids is 1. The van der Waals surface area contributed by atoms with Crippen LogP contribution in [0.4, 0.5) is 0 Å². The van der Waals surface area contributed by atoms with Crippen LogP contribution in [0.5, 0.6) is 0 Å². The van der Waals surface area contributed by atoms with Gasteiger partial charge in [0.05, 0.1) is 6.04 Å². The lowest BCUT2D eigenvalue weighted by molar-refractivity contribution is -0.120. The molecule has 0 spiro atoms. The molecular weight excluding hydrogens is 196 g/mol. The molecule has 1 unspecified atom stereocenters. The van der Waals surface area contributed by atoms with E-state index in [2.05, 4.69) is 19.2 Å². The number of primary amides is 1. The van der Waals surface area contributed by atoms with Gasteiger partial charge < -0.3 is 11.1 Å². The fourth-order valence-electron chi connectivity index (χ4n) is 1.11. The van der Waals surface area contributed by atoms with E-state index in [0.717, 1.165) is 25.1 Å². The summed E-state index contributed by atoms with van der Waals surface area (Å²) >= 11 is 1.88. The number of rotatable bonds is 9. The largest absolute Gasteiger partial charge is 0.368 e. The molecule has 1 amide bonds. The first-order valence-electron chi connectivity index (χ1n) is 5.32. The number of nitrogens with one attached hydrogen (secondary N) is 1. The first-order chi connectivity index (χ1) is 6.72. The molecule has 0 heterocycles. The Morgan fingerprint density at radius 1 is 1.36 bits per heavy atom. The van der Waals surface area contributed by atoms with Crippen LogP contribution in [0.25, 0.3) is 0 Å². The van der Waals surface area contributed by atoms with E-state index in [1.807, 2.05) is 11.8 Å². The van der Waals surface area contributed by atoms with Crippen LogP contribution < -0.4 is 11.1 Å². The highest BCUT2D eigenvalue weighted by Gasteiger charge is 2.12. The van der Waals surface area contributed by atoms with Crippen molar-refractivity contribution in [3.8, 4) is 0 Å². The Morgan fingerprint density at radius 2 is 2.07 bits per heavy atom. The van der Waals surface area contributed by atoms with Gasteiger partial charge in [0, 0.05) is 0 Å². The molecule has 0 aliphatic rings. The Labute approximate surface area is 91.2 Å². The average Bonchev–Trinajstić information content (AvgIpc) is 2.16. The third-order valence-corrected chi connectivity index (χ3v) is 3.10. The van der Waals surface area contributed by atoms with Crippen LogP contribution in [-0.2, 0) is 4.79 Å². The molecule has 0 rings (SSSR count). The van der Waals surface area contributed by atoms with Crippen molar-refractivity contribution in [1.29, 1.82) is 0 Å². The Kier molecular flexibility index (Phi) is 9.19. The van der Waals surface area contributed by atoms with E-state index in [0.29, 0.717) is 0 Å². The minimum atomic E-state index is -0.226. The first-order valence-corrected chi connectivity index (χ1v) is 6.48. The van der Waals surface area contributed by atoms with E-state index in [1.165, 1.54) is 12.2 Å². The standard InChI is InChI=1S/C10H22N2OS/c1-3-6-12-9(10(11)13)5-8-14-7-4-2/h9,12H,3-8H2,1-2H3,(H2,11,13). The highest BCUT2D eigenvalue weighted by molar-refractivity contribution is 7.99. The molecule has 1 atom stereocenters. The summed E-state index contributed by atoms with van der Waals surface area (Å²) in [7, 11) is 0. The van der Waals surface area contributed by atoms with E-state index in [9.17, 15) is 4.79 Å². The van der Waals surface area contributed by atoms with Crippen LogP contribution in [-0.4, -0.2) is 30.0 Å². The van der Waals surface area contributed by atoms with Crippen molar-refractivity contribution in [1.82, 2.24) is 5.32 Å². The molecule has 3 nitrogen and oxygen atoms in total. The summed E-state index contributed by atoms with van der Waals surface area (Å²) in [5.74, 6) is 1.95. The molecule has 4 heteroatoms. The Bertz CT molecular complexity index is 153. The summed E-state index contributed by atoms with van der Waals surface area (Å²) in [5, 5.41) is 3.16. The van der Waals surface area contributed by atoms with Gasteiger partial charge >= 0.3 is 0 Å². The maximum atomic E-state index is 11.0. The summed E-state index contributed by atoms with van der Waals surface area (Å²) in [6.45, 7) is 5.11. The van der Waals surface area contributed by atoms with E-state index in [-0.39, 0.29) is 11.9 Å². The molecule has 0 aromatic carbocycles. The fourth-order valence-corrected chi connectivity index (χ4v) is 2.01. The van der Waals surface area contributed by atoms with Gasteiger partial charge in [0.25, 0.3) is 0 Å². The molecule has 0 aliphatic heterocycles. The zero-order valence-corrected chi connectivity index (χ0v) is 10.0. The molecule has 0 bridgehead atoms. The number of hydrogen-bond acceptors (Lipinski definition) is 3. The Hall–Kier alpha value is -0.220. The van der Waals surface area contributed by atoms with Gasteiger partial charge in [0.2, 0.25) is 5.91 Å². The number of amides is 1. The molecule has 0 aromatic rings. The van der Waals surface area contributed by atoms with Gasteiger partial charge in [-0.15, -0.1) is 0 Å². The van der Waals surface area contributed by atoms with Gasteiger partial charge in [-0.3, -0.25) is 4.79 Å². The normalized spacial score (nSPS) is 12.7. The van der Waals surface area contributed by atoms with Crippen molar-refractivity contribution < 1.29 is 4.79 Å². The molecule has 0 saturated carbocycles. The van der Waals surface area contributed by atoms with Gasteiger partial charge in [-0.2, -0.15) is 11.8 Å². The summed E-state index contributed by atoms with van der Waals surface area (Å²) in [5.41, 5.74) is 5.28. The smallest absolute Gasteiger partial charge is 0.234 e. The summed E-state index contributed by atoms with van der Waals surface area (Å²) < 4.78 is 0. The van der Waals surface area contributed by atoms with E-state index >= 15 is 0 Å². The quantitative estimate of drug-likeness (QED) is 0.575. The lowest BCUT2D eigenvalue weighted by Crippen LogP contribution is -2.42. The average molecular weight is 218 g/mol. The zero-order chi connectivity index (χ0) is 10.8. The predicted molar refractivity (Wildman–Crippen MR) is 63.5 cm³/mol. The maximum absolute atomic E-state index is 11.0.